The summed E-state index contributed by atoms with van der Waals surface area (Å²) in [5, 5.41) is 2.84. The molecular formula is C20H19N7O3. The minimum atomic E-state index is -0.491. The van der Waals surface area contributed by atoms with Gasteiger partial charge in [0.15, 0.2) is 11.2 Å². The molecule has 0 aromatic carbocycles. The van der Waals surface area contributed by atoms with Crippen LogP contribution in [0.4, 0.5) is 0 Å². The third kappa shape index (κ3) is 3.50. The molecule has 0 fully saturated rings. The fourth-order valence-corrected chi connectivity index (χ4v) is 3.19. The van der Waals surface area contributed by atoms with Crippen LogP contribution in [0.1, 0.15) is 5.56 Å². The zero-order valence-electron chi connectivity index (χ0n) is 16.4. The highest BCUT2D eigenvalue weighted by atomic mass is 16.2. The van der Waals surface area contributed by atoms with Gasteiger partial charge in [-0.1, -0.05) is 0 Å². The van der Waals surface area contributed by atoms with Crippen LogP contribution in [0.2, 0.25) is 0 Å². The first kappa shape index (κ1) is 19.2. The van der Waals surface area contributed by atoms with Crippen molar-refractivity contribution in [3.05, 3.63) is 75.6 Å². The number of carbonyl (C=O) groups is 1. The average molecular weight is 405 g/mol. The molecule has 0 bridgehead atoms. The number of nitrogens with zero attached hydrogens (tertiary/aromatic N) is 6. The molecule has 0 unspecified atom stereocenters. The number of fused-ring (bicyclic) bond motifs is 1. The third-order valence-electron chi connectivity index (χ3n) is 4.82. The maximum atomic E-state index is 12.5. The first-order valence-corrected chi connectivity index (χ1v) is 9.18. The summed E-state index contributed by atoms with van der Waals surface area (Å²) in [6.07, 6.45) is 6.46. The monoisotopic (exact) mass is 405 g/mol. The molecule has 1 amide bonds. The van der Waals surface area contributed by atoms with Gasteiger partial charge in [-0.05, 0) is 29.8 Å². The highest BCUT2D eigenvalue weighted by Crippen LogP contribution is 2.16. The molecule has 4 aromatic rings. The smallest absolute Gasteiger partial charge is 0.332 e. The van der Waals surface area contributed by atoms with Crippen LogP contribution in [0.5, 0.6) is 0 Å². The molecular weight excluding hydrogens is 386 g/mol. The summed E-state index contributed by atoms with van der Waals surface area (Å²) < 4.78 is 3.72. The summed E-state index contributed by atoms with van der Waals surface area (Å²) in [4.78, 5) is 49.4. The number of hydrogen-bond acceptors (Lipinski definition) is 6. The number of aromatic nitrogens is 6. The van der Waals surface area contributed by atoms with Gasteiger partial charge in [-0.3, -0.25) is 28.7 Å². The van der Waals surface area contributed by atoms with Gasteiger partial charge in [0.1, 0.15) is 6.54 Å². The highest BCUT2D eigenvalue weighted by molar-refractivity contribution is 5.78. The number of carbonyl (C=O) groups excluding carboxylic acids is 1. The summed E-state index contributed by atoms with van der Waals surface area (Å²) in [5.74, 6) is -0.285. The molecule has 30 heavy (non-hydrogen) atoms. The van der Waals surface area contributed by atoms with E-state index in [9.17, 15) is 14.4 Å². The van der Waals surface area contributed by atoms with Crippen molar-refractivity contribution in [1.82, 2.24) is 34.0 Å². The largest absolute Gasteiger partial charge is 0.350 e. The summed E-state index contributed by atoms with van der Waals surface area (Å²) in [6, 6.07) is 7.45. The molecule has 4 heterocycles. The van der Waals surface area contributed by atoms with Gasteiger partial charge in [-0.25, -0.2) is 9.78 Å². The maximum absolute atomic E-state index is 12.5. The number of pyridine rings is 2. The van der Waals surface area contributed by atoms with E-state index in [1.54, 1.807) is 18.6 Å². The van der Waals surface area contributed by atoms with Crippen molar-refractivity contribution >= 4 is 17.1 Å². The molecule has 0 atom stereocenters. The van der Waals surface area contributed by atoms with E-state index in [0.29, 0.717) is 6.54 Å². The fraction of sp³-hybridized carbons (Fsp3) is 0.200. The van der Waals surface area contributed by atoms with Gasteiger partial charge in [0, 0.05) is 44.8 Å². The Morgan fingerprint density at radius 2 is 1.80 bits per heavy atom. The lowest BCUT2D eigenvalue weighted by atomic mass is 10.1. The van der Waals surface area contributed by atoms with Crippen molar-refractivity contribution < 1.29 is 4.79 Å². The van der Waals surface area contributed by atoms with Gasteiger partial charge >= 0.3 is 5.69 Å². The molecule has 10 heteroatoms. The lowest BCUT2D eigenvalue weighted by Crippen LogP contribution is -2.38. The van der Waals surface area contributed by atoms with Crippen LogP contribution in [-0.2, 0) is 32.0 Å². The van der Waals surface area contributed by atoms with E-state index in [-0.39, 0.29) is 23.6 Å². The number of aryl methyl sites for hydroxylation is 1. The number of rotatable bonds is 5. The quantitative estimate of drug-likeness (QED) is 0.507. The van der Waals surface area contributed by atoms with Crippen LogP contribution < -0.4 is 16.6 Å². The van der Waals surface area contributed by atoms with Gasteiger partial charge in [0.05, 0.1) is 12.0 Å². The Balaban J connectivity index is 1.50. The Bertz CT molecular complexity index is 1350. The molecule has 0 saturated carbocycles. The van der Waals surface area contributed by atoms with Crippen LogP contribution in [0.25, 0.3) is 22.4 Å². The predicted octanol–water partition coefficient (Wildman–Crippen LogP) is 0.207. The number of hydrogen-bond donors (Lipinski definition) is 1. The highest BCUT2D eigenvalue weighted by Gasteiger charge is 2.15. The van der Waals surface area contributed by atoms with Gasteiger partial charge in [-0.2, -0.15) is 0 Å². The van der Waals surface area contributed by atoms with Gasteiger partial charge in [0.2, 0.25) is 5.91 Å². The summed E-state index contributed by atoms with van der Waals surface area (Å²) in [7, 11) is 2.93. The van der Waals surface area contributed by atoms with Crippen LogP contribution >= 0.6 is 0 Å². The second-order valence-corrected chi connectivity index (χ2v) is 6.81. The van der Waals surface area contributed by atoms with Crippen molar-refractivity contribution in [2.75, 3.05) is 0 Å². The molecule has 10 nitrogen and oxygen atoms in total. The van der Waals surface area contributed by atoms with Crippen molar-refractivity contribution in [3.8, 4) is 11.3 Å². The van der Waals surface area contributed by atoms with Crippen LogP contribution in [0.15, 0.2) is 58.8 Å². The van der Waals surface area contributed by atoms with Crippen LogP contribution in [0, 0.1) is 0 Å². The summed E-state index contributed by atoms with van der Waals surface area (Å²) >= 11 is 0. The summed E-state index contributed by atoms with van der Waals surface area (Å²) in [5.41, 5.74) is 2.10. The number of imidazole rings is 1. The topological polar surface area (TPSA) is 117 Å². The summed E-state index contributed by atoms with van der Waals surface area (Å²) in [6.45, 7) is 0.217. The van der Waals surface area contributed by atoms with E-state index in [2.05, 4.69) is 20.3 Å². The Labute approximate surface area is 170 Å². The minimum Gasteiger partial charge on any atom is -0.350 e. The number of amides is 1. The second-order valence-electron chi connectivity index (χ2n) is 6.81. The third-order valence-corrected chi connectivity index (χ3v) is 4.82. The Morgan fingerprint density at radius 1 is 1.03 bits per heavy atom. The molecule has 0 saturated heterocycles. The van der Waals surface area contributed by atoms with E-state index in [4.69, 9.17) is 0 Å². The lowest BCUT2D eigenvalue weighted by molar-refractivity contribution is -0.121. The SMILES string of the molecule is Cn1c(=O)c2c(ncn2CC(=O)NCc2ccnc(-c3ccncc3)c2)n(C)c1=O. The second kappa shape index (κ2) is 7.74. The normalized spacial score (nSPS) is 11.0. The van der Waals surface area contributed by atoms with Gasteiger partial charge in [-0.15, -0.1) is 0 Å². The van der Waals surface area contributed by atoms with Gasteiger partial charge in [0.25, 0.3) is 5.56 Å². The standard InChI is InChI=1S/C20H19N7O3/c1-25-18-17(19(29)26(2)20(25)30)27(12-24-18)11-16(28)23-10-13-3-8-22-15(9-13)14-4-6-21-7-5-14/h3-9,12H,10-11H2,1-2H3,(H,23,28). The predicted molar refractivity (Wildman–Crippen MR) is 110 cm³/mol. The first-order chi connectivity index (χ1) is 14.5. The Hall–Kier alpha value is -4.08. The van der Waals surface area contributed by atoms with E-state index >= 15 is 0 Å². The molecule has 4 rings (SSSR count). The van der Waals surface area contributed by atoms with E-state index in [0.717, 1.165) is 21.4 Å². The zero-order valence-corrected chi connectivity index (χ0v) is 16.4. The molecule has 152 valence electrons. The van der Waals surface area contributed by atoms with E-state index in [1.807, 2.05) is 24.3 Å². The average Bonchev–Trinajstić information content (AvgIpc) is 3.19. The van der Waals surface area contributed by atoms with E-state index in [1.165, 1.54) is 29.6 Å². The molecule has 4 aromatic heterocycles. The molecule has 0 radical (unpaired) electrons. The van der Waals surface area contributed by atoms with Crippen LogP contribution in [-0.4, -0.2) is 34.6 Å². The van der Waals surface area contributed by atoms with Crippen molar-refractivity contribution in [2.45, 2.75) is 13.1 Å². The van der Waals surface area contributed by atoms with Gasteiger partial charge < -0.3 is 9.88 Å². The maximum Gasteiger partial charge on any atom is 0.332 e. The fourth-order valence-electron chi connectivity index (χ4n) is 3.19. The lowest BCUT2D eigenvalue weighted by Gasteiger charge is -2.09. The Morgan fingerprint density at radius 3 is 2.57 bits per heavy atom. The van der Waals surface area contributed by atoms with Crippen molar-refractivity contribution in [2.24, 2.45) is 14.1 Å². The molecule has 0 aliphatic rings. The first-order valence-electron chi connectivity index (χ1n) is 9.18. The number of nitrogens with one attached hydrogen (secondary N) is 1. The minimum absolute atomic E-state index is 0.0910. The van der Waals surface area contributed by atoms with Crippen molar-refractivity contribution in [3.63, 3.8) is 0 Å². The molecule has 0 aliphatic carbocycles. The Kier molecular flexibility index (Phi) is 4.97. The molecule has 0 spiro atoms. The van der Waals surface area contributed by atoms with E-state index < -0.39 is 11.2 Å². The molecule has 0 aliphatic heterocycles. The van der Waals surface area contributed by atoms with Crippen molar-refractivity contribution in [1.29, 1.82) is 0 Å². The zero-order chi connectivity index (χ0) is 21.3. The molecule has 1 N–H and O–H groups in total. The van der Waals surface area contributed by atoms with Crippen LogP contribution in [0.3, 0.4) is 0 Å².